The Kier molecular flexibility index (Phi) is 50.4. The van der Waals surface area contributed by atoms with E-state index < -0.39 is 0 Å². The summed E-state index contributed by atoms with van der Waals surface area (Å²) in [6.07, 6.45) is 5.91. The Morgan fingerprint density at radius 1 is 0.412 bits per heavy atom. The third-order valence-electron chi connectivity index (χ3n) is 5.02. The highest BCUT2D eigenvalue weighted by Crippen LogP contribution is 2.16. The summed E-state index contributed by atoms with van der Waals surface area (Å²) in [5, 5.41) is 0. The van der Waals surface area contributed by atoms with Gasteiger partial charge in [0, 0.05) is 6.42 Å². The van der Waals surface area contributed by atoms with Gasteiger partial charge in [-0.3, -0.25) is 0 Å². The molecule has 3 aromatic rings. The largest absolute Gasteiger partial charge is 0.493 e. The fraction of sp³-hybridized carbons (Fsp3) is 0.600. The second-order valence-electron chi connectivity index (χ2n) is 10.2. The van der Waals surface area contributed by atoms with Gasteiger partial charge in [0.1, 0.15) is 42.7 Å². The molecule has 3 aromatic carbocycles. The Hall–Kier alpha value is -3.06. The maximum Gasteiger partial charge on any atom is 0.119 e. The molecule has 0 amide bonds. The lowest BCUT2D eigenvalue weighted by Gasteiger charge is -2.03. The molecule has 3 heterocycles. The van der Waals surface area contributed by atoms with Crippen LogP contribution in [0.15, 0.2) is 91.0 Å². The summed E-state index contributed by atoms with van der Waals surface area (Å²) >= 11 is 0. The number of hydrogen-bond acceptors (Lipinski definition) is 6. The minimum absolute atomic E-state index is 0.343. The molecule has 0 bridgehead atoms. The molecule has 51 heavy (non-hydrogen) atoms. The fourth-order valence-electron chi connectivity index (χ4n) is 2.80. The van der Waals surface area contributed by atoms with Crippen LogP contribution >= 0.6 is 0 Å². The van der Waals surface area contributed by atoms with Crippen LogP contribution in [-0.4, -0.2) is 58.0 Å². The standard InChI is InChI=1S/C10H12O2.2C9H10O2.3C3H8.4C2H6/c1-2-4-9(5-3-1)11-7-6-10-8-12-10;2*1-2-4-8(5-3-1)10-6-9-7-11-9;3*1-3-2;4*1-2/h1-5,10H,6-8H2;2*1-5,9H,6-7H2;3*3H2,1-2H3;4*1-2H3. The van der Waals surface area contributed by atoms with Crippen LogP contribution < -0.4 is 14.2 Å². The molecule has 0 spiro atoms. The molecule has 0 aromatic heterocycles. The van der Waals surface area contributed by atoms with E-state index in [1.165, 1.54) is 19.3 Å². The van der Waals surface area contributed by atoms with Crippen molar-refractivity contribution in [3.8, 4) is 17.2 Å². The van der Waals surface area contributed by atoms with Crippen LogP contribution in [0.5, 0.6) is 17.2 Å². The lowest BCUT2D eigenvalue weighted by atomic mass is 10.3. The highest BCUT2D eigenvalue weighted by atomic mass is 16.6. The average Bonchev–Trinajstić information content (AvgIpc) is 4.04. The molecule has 3 saturated heterocycles. The van der Waals surface area contributed by atoms with Crippen LogP contribution in [-0.2, 0) is 14.2 Å². The number of epoxide rings is 3. The molecular weight excluding hydrogens is 636 g/mol. The van der Waals surface area contributed by atoms with Gasteiger partial charge in [0.05, 0.1) is 32.5 Å². The van der Waals surface area contributed by atoms with Gasteiger partial charge in [-0.15, -0.1) is 0 Å². The summed E-state index contributed by atoms with van der Waals surface area (Å²) < 4.78 is 31.4. The fourth-order valence-corrected chi connectivity index (χ4v) is 2.80. The van der Waals surface area contributed by atoms with Gasteiger partial charge in [-0.1, -0.05) is 171 Å². The van der Waals surface area contributed by atoms with Crippen molar-refractivity contribution in [1.82, 2.24) is 0 Å². The quantitative estimate of drug-likeness (QED) is 0.195. The highest BCUT2D eigenvalue weighted by Gasteiger charge is 2.23. The maximum absolute atomic E-state index is 5.48. The molecule has 3 aliphatic rings. The second kappa shape index (κ2) is 46.9. The van der Waals surface area contributed by atoms with Crippen molar-refractivity contribution in [2.45, 2.75) is 141 Å². The van der Waals surface area contributed by atoms with Crippen molar-refractivity contribution in [3.05, 3.63) is 91.0 Å². The smallest absolute Gasteiger partial charge is 0.119 e. The van der Waals surface area contributed by atoms with Crippen LogP contribution in [0.4, 0.5) is 0 Å². The first-order valence-electron chi connectivity index (χ1n) is 20.0. The van der Waals surface area contributed by atoms with Gasteiger partial charge in [-0.05, 0) is 36.4 Å². The third-order valence-corrected chi connectivity index (χ3v) is 5.02. The number of rotatable bonds is 10. The first kappa shape index (κ1) is 54.7. The summed E-state index contributed by atoms with van der Waals surface area (Å²) in [5.74, 6) is 2.78. The Balaban J connectivity index is -0.000000268. The molecule has 3 atom stereocenters. The third kappa shape index (κ3) is 44.9. The van der Waals surface area contributed by atoms with Crippen molar-refractivity contribution in [1.29, 1.82) is 0 Å². The van der Waals surface area contributed by atoms with Crippen molar-refractivity contribution >= 4 is 0 Å². The van der Waals surface area contributed by atoms with E-state index in [-0.39, 0.29) is 0 Å². The van der Waals surface area contributed by atoms with Crippen LogP contribution in [0.1, 0.15) is 123 Å². The molecule has 6 rings (SSSR count). The van der Waals surface area contributed by atoms with E-state index in [0.29, 0.717) is 31.5 Å². The molecule has 3 unspecified atom stereocenters. The Bertz CT molecular complexity index is 903. The summed E-state index contributed by atoms with van der Waals surface area (Å²) in [5.41, 5.74) is 0. The van der Waals surface area contributed by atoms with E-state index in [4.69, 9.17) is 28.4 Å². The minimum Gasteiger partial charge on any atom is -0.493 e. The number of para-hydroxylation sites is 3. The Morgan fingerprint density at radius 3 is 0.882 bits per heavy atom. The van der Waals surface area contributed by atoms with Gasteiger partial charge in [-0.25, -0.2) is 0 Å². The van der Waals surface area contributed by atoms with Gasteiger partial charge in [-0.2, -0.15) is 0 Å². The molecule has 3 aliphatic heterocycles. The van der Waals surface area contributed by atoms with Crippen molar-refractivity contribution < 1.29 is 28.4 Å². The average molecular weight is 717 g/mol. The van der Waals surface area contributed by atoms with E-state index >= 15 is 0 Å². The Labute approximate surface area is 316 Å². The number of hydrogen-bond donors (Lipinski definition) is 0. The van der Waals surface area contributed by atoms with E-state index in [0.717, 1.165) is 50.1 Å². The first-order valence-corrected chi connectivity index (χ1v) is 20.0. The topological polar surface area (TPSA) is 65.3 Å². The Morgan fingerprint density at radius 2 is 0.647 bits per heavy atom. The number of ether oxygens (including phenoxy) is 6. The minimum atomic E-state index is 0.343. The zero-order valence-electron chi connectivity index (χ0n) is 35.4. The molecule has 6 nitrogen and oxygen atoms in total. The molecule has 3 fully saturated rings. The molecule has 0 saturated carbocycles. The summed E-state index contributed by atoms with van der Waals surface area (Å²) in [6.45, 7) is 33.5. The predicted octanol–water partition coefficient (Wildman–Crippen LogP) is 13.1. The summed E-state index contributed by atoms with van der Waals surface area (Å²) in [6, 6.07) is 29.4. The monoisotopic (exact) mass is 717 g/mol. The van der Waals surface area contributed by atoms with Crippen molar-refractivity contribution in [3.63, 3.8) is 0 Å². The van der Waals surface area contributed by atoms with Crippen LogP contribution in [0.3, 0.4) is 0 Å². The molecule has 296 valence electrons. The lowest BCUT2D eigenvalue weighted by Crippen LogP contribution is -2.03. The van der Waals surface area contributed by atoms with E-state index in [1.54, 1.807) is 0 Å². The van der Waals surface area contributed by atoms with Crippen molar-refractivity contribution in [2.24, 2.45) is 0 Å². The highest BCUT2D eigenvalue weighted by molar-refractivity contribution is 5.22. The van der Waals surface area contributed by atoms with E-state index in [2.05, 4.69) is 41.5 Å². The number of benzene rings is 3. The zero-order chi connectivity index (χ0) is 39.4. The van der Waals surface area contributed by atoms with Gasteiger partial charge in [0.25, 0.3) is 0 Å². The zero-order valence-corrected chi connectivity index (χ0v) is 35.4. The van der Waals surface area contributed by atoms with Crippen molar-refractivity contribution in [2.75, 3.05) is 39.6 Å². The maximum atomic E-state index is 5.48. The second-order valence-corrected chi connectivity index (χ2v) is 10.2. The van der Waals surface area contributed by atoms with E-state index in [9.17, 15) is 0 Å². The van der Waals surface area contributed by atoms with Crippen LogP contribution in [0, 0.1) is 0 Å². The van der Waals surface area contributed by atoms with Gasteiger partial charge < -0.3 is 28.4 Å². The normalized spacial score (nSPS) is 15.5. The summed E-state index contributed by atoms with van der Waals surface area (Å²) in [7, 11) is 0. The van der Waals surface area contributed by atoms with E-state index in [1.807, 2.05) is 146 Å². The van der Waals surface area contributed by atoms with Gasteiger partial charge in [0.2, 0.25) is 0 Å². The van der Waals surface area contributed by atoms with Gasteiger partial charge >= 0.3 is 0 Å². The summed E-state index contributed by atoms with van der Waals surface area (Å²) in [4.78, 5) is 0. The predicted molar refractivity (Wildman–Crippen MR) is 223 cm³/mol. The molecule has 0 aliphatic carbocycles. The van der Waals surface area contributed by atoms with Crippen LogP contribution in [0.2, 0.25) is 0 Å². The van der Waals surface area contributed by atoms with Gasteiger partial charge in [0.15, 0.2) is 0 Å². The first-order chi connectivity index (χ1) is 25.1. The lowest BCUT2D eigenvalue weighted by molar-refractivity contribution is 0.263. The van der Waals surface area contributed by atoms with Crippen LogP contribution in [0.25, 0.3) is 0 Å². The SMILES string of the molecule is CC.CC.CC.CC.CCC.CCC.CCC.c1ccc(OCC2CO2)cc1.c1ccc(OCC2CO2)cc1.c1ccc(OCCC2CO2)cc1. The molecule has 6 heteroatoms. The molecule has 0 radical (unpaired) electrons. The molecule has 0 N–H and O–H groups in total. The molecular formula is C45H80O6.